The van der Waals surface area contributed by atoms with Crippen LogP contribution in [0.4, 0.5) is 11.4 Å². The van der Waals surface area contributed by atoms with Crippen LogP contribution in [0.5, 0.6) is 5.75 Å². The lowest BCUT2D eigenvalue weighted by Crippen LogP contribution is -2.33. The first-order chi connectivity index (χ1) is 17.7. The SMILES string of the molecule is C#Cc1ccc(NC(=O)c2cc(OC)ccc2NC(=O)c2ccc(C(=N)N(C)CCN(C)C)cc2)cc1. The molecule has 0 aliphatic heterocycles. The van der Waals surface area contributed by atoms with E-state index in [4.69, 9.17) is 16.6 Å². The Bertz CT molecular complexity index is 1310. The lowest BCUT2D eigenvalue weighted by Gasteiger charge is -2.22. The van der Waals surface area contributed by atoms with Gasteiger partial charge in [0.2, 0.25) is 0 Å². The summed E-state index contributed by atoms with van der Waals surface area (Å²) in [6.07, 6.45) is 5.39. The summed E-state index contributed by atoms with van der Waals surface area (Å²) < 4.78 is 5.27. The van der Waals surface area contributed by atoms with Gasteiger partial charge in [-0.25, -0.2) is 0 Å². The number of ether oxygens (including phenoxy) is 1. The van der Waals surface area contributed by atoms with E-state index >= 15 is 0 Å². The maximum Gasteiger partial charge on any atom is 0.257 e. The predicted molar refractivity (Wildman–Crippen MR) is 148 cm³/mol. The maximum atomic E-state index is 13.1. The van der Waals surface area contributed by atoms with Crippen molar-refractivity contribution in [3.05, 3.63) is 89.0 Å². The third kappa shape index (κ3) is 7.19. The summed E-state index contributed by atoms with van der Waals surface area (Å²) in [6, 6.07) is 18.5. The van der Waals surface area contributed by atoms with Gasteiger partial charge in [-0.1, -0.05) is 18.1 Å². The van der Waals surface area contributed by atoms with Crippen molar-refractivity contribution in [1.82, 2.24) is 9.80 Å². The van der Waals surface area contributed by atoms with Crippen LogP contribution in [0.2, 0.25) is 0 Å². The van der Waals surface area contributed by atoms with Crippen molar-refractivity contribution < 1.29 is 14.3 Å². The number of terminal acetylenes is 1. The van der Waals surface area contributed by atoms with Gasteiger partial charge in [0.05, 0.1) is 18.4 Å². The monoisotopic (exact) mass is 497 g/mol. The smallest absolute Gasteiger partial charge is 0.257 e. The Hall–Kier alpha value is -4.61. The molecule has 3 aromatic carbocycles. The van der Waals surface area contributed by atoms with Crippen molar-refractivity contribution in [2.75, 3.05) is 52.0 Å². The third-order valence-corrected chi connectivity index (χ3v) is 5.71. The van der Waals surface area contributed by atoms with Crippen LogP contribution in [0.15, 0.2) is 66.7 Å². The van der Waals surface area contributed by atoms with Gasteiger partial charge in [0.25, 0.3) is 11.8 Å². The Morgan fingerprint density at radius 3 is 2.14 bits per heavy atom. The van der Waals surface area contributed by atoms with E-state index in [1.807, 2.05) is 26.0 Å². The van der Waals surface area contributed by atoms with E-state index in [-0.39, 0.29) is 11.5 Å². The number of hydrogen-bond acceptors (Lipinski definition) is 5. The molecule has 37 heavy (non-hydrogen) atoms. The molecule has 0 aromatic heterocycles. The number of anilines is 2. The lowest BCUT2D eigenvalue weighted by atomic mass is 10.1. The number of nitrogens with zero attached hydrogens (tertiary/aromatic N) is 2. The molecule has 0 heterocycles. The van der Waals surface area contributed by atoms with E-state index in [0.29, 0.717) is 46.2 Å². The fraction of sp³-hybridized carbons (Fsp3) is 0.207. The van der Waals surface area contributed by atoms with E-state index in [0.717, 1.165) is 6.54 Å². The van der Waals surface area contributed by atoms with Gasteiger partial charge in [-0.05, 0) is 68.7 Å². The van der Waals surface area contributed by atoms with Crippen LogP contribution in [0, 0.1) is 17.8 Å². The molecule has 190 valence electrons. The van der Waals surface area contributed by atoms with Crippen molar-refractivity contribution in [3.63, 3.8) is 0 Å². The highest BCUT2D eigenvalue weighted by molar-refractivity contribution is 6.13. The Kier molecular flexibility index (Phi) is 9.03. The van der Waals surface area contributed by atoms with Crippen LogP contribution in [0.3, 0.4) is 0 Å². The molecule has 0 aliphatic rings. The fourth-order valence-electron chi connectivity index (χ4n) is 3.45. The molecule has 3 aromatic rings. The van der Waals surface area contributed by atoms with Gasteiger partial charge in [0, 0.05) is 42.5 Å². The normalized spacial score (nSPS) is 10.4. The number of hydrogen-bond donors (Lipinski definition) is 3. The first kappa shape index (κ1) is 27.0. The van der Waals surface area contributed by atoms with Crippen LogP contribution in [-0.4, -0.2) is 68.8 Å². The zero-order valence-electron chi connectivity index (χ0n) is 21.5. The van der Waals surface area contributed by atoms with Crippen LogP contribution in [0.1, 0.15) is 31.8 Å². The minimum atomic E-state index is -0.410. The molecule has 0 fully saturated rings. The van der Waals surface area contributed by atoms with Crippen LogP contribution < -0.4 is 15.4 Å². The number of methoxy groups -OCH3 is 1. The number of rotatable bonds is 9. The predicted octanol–water partition coefficient (Wildman–Crippen LogP) is 4.00. The van der Waals surface area contributed by atoms with Crippen LogP contribution in [-0.2, 0) is 0 Å². The van der Waals surface area contributed by atoms with Gasteiger partial charge >= 0.3 is 0 Å². The first-order valence-corrected chi connectivity index (χ1v) is 11.6. The number of amides is 2. The fourth-order valence-corrected chi connectivity index (χ4v) is 3.45. The summed E-state index contributed by atoms with van der Waals surface area (Å²) in [5, 5.41) is 14.0. The molecular formula is C29H31N5O3. The molecule has 0 bridgehead atoms. The van der Waals surface area contributed by atoms with Crippen molar-refractivity contribution >= 4 is 29.0 Å². The summed E-state index contributed by atoms with van der Waals surface area (Å²) >= 11 is 0. The molecule has 2 amide bonds. The number of benzene rings is 3. The Morgan fingerprint density at radius 1 is 0.892 bits per heavy atom. The highest BCUT2D eigenvalue weighted by atomic mass is 16.5. The molecule has 3 N–H and O–H groups in total. The summed E-state index contributed by atoms with van der Waals surface area (Å²) in [6.45, 7) is 1.54. The highest BCUT2D eigenvalue weighted by Gasteiger charge is 2.17. The lowest BCUT2D eigenvalue weighted by molar-refractivity contribution is 0.102. The first-order valence-electron chi connectivity index (χ1n) is 11.6. The number of likely N-dealkylation sites (N-methyl/N-ethyl adjacent to an activating group) is 2. The Morgan fingerprint density at radius 2 is 1.54 bits per heavy atom. The zero-order valence-corrected chi connectivity index (χ0v) is 21.5. The van der Waals surface area contributed by atoms with Gasteiger partial charge in [0.15, 0.2) is 0 Å². The van der Waals surface area contributed by atoms with Crippen molar-refractivity contribution in [3.8, 4) is 18.1 Å². The molecule has 0 saturated heterocycles. The molecular weight excluding hydrogens is 466 g/mol. The summed E-state index contributed by atoms with van der Waals surface area (Å²) in [5.41, 5.74) is 2.96. The molecule has 0 spiro atoms. The highest BCUT2D eigenvalue weighted by Crippen LogP contribution is 2.24. The zero-order chi connectivity index (χ0) is 26.9. The summed E-state index contributed by atoms with van der Waals surface area (Å²) in [7, 11) is 7.34. The molecule has 8 heteroatoms. The molecule has 0 aliphatic carbocycles. The van der Waals surface area contributed by atoms with Gasteiger partial charge in [0.1, 0.15) is 11.6 Å². The van der Waals surface area contributed by atoms with Gasteiger partial charge in [-0.3, -0.25) is 15.0 Å². The average Bonchev–Trinajstić information content (AvgIpc) is 2.91. The number of amidine groups is 1. The second kappa shape index (κ2) is 12.4. The van der Waals surface area contributed by atoms with Crippen LogP contribution in [0.25, 0.3) is 0 Å². The van der Waals surface area contributed by atoms with Crippen molar-refractivity contribution in [2.24, 2.45) is 0 Å². The van der Waals surface area contributed by atoms with Gasteiger partial charge in [-0.15, -0.1) is 6.42 Å². The Labute approximate surface area is 217 Å². The molecule has 0 radical (unpaired) electrons. The summed E-state index contributed by atoms with van der Waals surface area (Å²) in [4.78, 5) is 30.0. The van der Waals surface area contributed by atoms with Crippen LogP contribution >= 0.6 is 0 Å². The molecule has 3 rings (SSSR count). The molecule has 0 unspecified atom stereocenters. The summed E-state index contributed by atoms with van der Waals surface area (Å²) in [5.74, 6) is 2.60. The Balaban J connectivity index is 1.75. The minimum Gasteiger partial charge on any atom is -0.497 e. The van der Waals surface area contributed by atoms with Crippen molar-refractivity contribution in [2.45, 2.75) is 0 Å². The second-order valence-corrected chi connectivity index (χ2v) is 8.69. The van der Waals surface area contributed by atoms with E-state index in [2.05, 4.69) is 21.5 Å². The third-order valence-electron chi connectivity index (χ3n) is 5.71. The van der Waals surface area contributed by atoms with Gasteiger partial charge < -0.3 is 25.2 Å². The molecule has 0 saturated carbocycles. The van der Waals surface area contributed by atoms with Crippen molar-refractivity contribution in [1.29, 1.82) is 5.41 Å². The van der Waals surface area contributed by atoms with E-state index in [1.165, 1.54) is 7.11 Å². The number of carbonyl (C=O) groups excluding carboxylic acids is 2. The average molecular weight is 498 g/mol. The van der Waals surface area contributed by atoms with E-state index in [1.54, 1.807) is 66.7 Å². The second-order valence-electron chi connectivity index (χ2n) is 8.69. The number of carbonyl (C=O) groups is 2. The standard InChI is InChI=1S/C29H31N5O3/c1-6-20-7-13-23(14-8-20)31-29(36)25-19-24(37-5)15-16-26(25)32-28(35)22-11-9-21(10-12-22)27(30)34(4)18-17-33(2)3/h1,7-16,19,30H,17-18H2,2-5H3,(H,31,36)(H,32,35). The maximum absolute atomic E-state index is 13.1. The molecule has 8 nitrogen and oxygen atoms in total. The van der Waals surface area contributed by atoms with E-state index in [9.17, 15) is 9.59 Å². The van der Waals surface area contributed by atoms with Gasteiger partial charge in [-0.2, -0.15) is 0 Å². The quantitative estimate of drug-likeness (QED) is 0.236. The molecule has 0 atom stereocenters. The number of nitrogens with one attached hydrogen (secondary N) is 3. The topological polar surface area (TPSA) is 97.8 Å². The minimum absolute atomic E-state index is 0.245. The van der Waals surface area contributed by atoms with E-state index < -0.39 is 5.91 Å². The largest absolute Gasteiger partial charge is 0.497 e.